The summed E-state index contributed by atoms with van der Waals surface area (Å²) in [7, 11) is 0. The number of pyridine rings is 1. The van der Waals surface area contributed by atoms with Crippen molar-refractivity contribution in [2.75, 3.05) is 11.6 Å². The van der Waals surface area contributed by atoms with Crippen molar-refractivity contribution >= 4 is 34.9 Å². The minimum atomic E-state index is -4.55. The van der Waals surface area contributed by atoms with E-state index < -0.39 is 17.6 Å². The van der Waals surface area contributed by atoms with Gasteiger partial charge in [-0.05, 0) is 60.9 Å². The molecular formula is C23H18F4N4OS. The summed E-state index contributed by atoms with van der Waals surface area (Å²) in [5, 5.41) is 9.20. The molecule has 1 aliphatic rings. The summed E-state index contributed by atoms with van der Waals surface area (Å²) >= 11 is 1.53. The predicted octanol–water partition coefficient (Wildman–Crippen LogP) is 5.16. The quantitative estimate of drug-likeness (QED) is 0.446. The van der Waals surface area contributed by atoms with Crippen LogP contribution in [0.3, 0.4) is 0 Å². The molecule has 0 spiro atoms. The number of hydrogen-bond donors (Lipinski definition) is 3. The number of amides is 1. The van der Waals surface area contributed by atoms with Crippen LogP contribution in [0.25, 0.3) is 11.4 Å². The minimum Gasteiger partial charge on any atom is -0.355 e. The lowest BCUT2D eigenvalue weighted by Gasteiger charge is -2.12. The van der Waals surface area contributed by atoms with Gasteiger partial charge in [0, 0.05) is 22.9 Å². The molecule has 4 rings (SSSR count). The van der Waals surface area contributed by atoms with Crippen LogP contribution >= 0.6 is 11.8 Å². The number of carbonyl (C=O) groups is 1. The number of nitrogens with zero attached hydrogens (tertiary/aromatic N) is 1. The maximum Gasteiger partial charge on any atom is 0.416 e. The van der Waals surface area contributed by atoms with E-state index in [2.05, 4.69) is 20.9 Å². The second kappa shape index (κ2) is 9.14. The Kier molecular flexibility index (Phi) is 6.28. The first-order valence-electron chi connectivity index (χ1n) is 9.76. The SMILES string of the molecule is CSC1NC(c2ccc(F)cc2)=C(c2ccnc(NC(=O)c3cccc(C(F)(F)F)c3)c2)N1. The van der Waals surface area contributed by atoms with Crippen LogP contribution < -0.4 is 16.0 Å². The Balaban J connectivity index is 1.62. The van der Waals surface area contributed by atoms with Gasteiger partial charge in [-0.2, -0.15) is 13.2 Å². The van der Waals surface area contributed by atoms with E-state index in [4.69, 9.17) is 0 Å². The summed E-state index contributed by atoms with van der Waals surface area (Å²) in [6.07, 6.45) is -1.14. The first kappa shape index (κ1) is 22.7. The molecule has 1 amide bonds. The van der Waals surface area contributed by atoms with Gasteiger partial charge in [0.25, 0.3) is 5.91 Å². The smallest absolute Gasteiger partial charge is 0.355 e. The van der Waals surface area contributed by atoms with Crippen LogP contribution in [0.15, 0.2) is 66.9 Å². The van der Waals surface area contributed by atoms with Gasteiger partial charge in [0.1, 0.15) is 17.1 Å². The summed E-state index contributed by atoms with van der Waals surface area (Å²) in [6, 6.07) is 13.5. The molecule has 2 heterocycles. The molecule has 3 N–H and O–H groups in total. The van der Waals surface area contributed by atoms with Crippen LogP contribution in [0.4, 0.5) is 23.4 Å². The molecule has 0 bridgehead atoms. The lowest BCUT2D eigenvalue weighted by atomic mass is 10.1. The fourth-order valence-electron chi connectivity index (χ4n) is 3.31. The molecule has 2 aromatic carbocycles. The Labute approximate surface area is 191 Å². The lowest BCUT2D eigenvalue weighted by Crippen LogP contribution is -2.28. The highest BCUT2D eigenvalue weighted by molar-refractivity contribution is 7.99. The first-order valence-corrected chi connectivity index (χ1v) is 11.0. The van der Waals surface area contributed by atoms with Gasteiger partial charge in [0.15, 0.2) is 0 Å². The average molecular weight is 474 g/mol. The molecule has 1 unspecified atom stereocenters. The largest absolute Gasteiger partial charge is 0.416 e. The number of nitrogens with one attached hydrogen (secondary N) is 3. The highest BCUT2D eigenvalue weighted by atomic mass is 32.2. The van der Waals surface area contributed by atoms with Crippen LogP contribution in [0.2, 0.25) is 0 Å². The van der Waals surface area contributed by atoms with Gasteiger partial charge < -0.3 is 16.0 Å². The molecular weight excluding hydrogens is 456 g/mol. The standard InChI is InChI=1S/C23H18F4N4OS/c1-33-22-30-19(13-5-7-17(24)8-6-13)20(31-22)14-9-10-28-18(12-14)29-21(32)15-3-2-4-16(11-15)23(25,26)27/h2-12,22,30-31H,1H3,(H,28,29,32). The van der Waals surface area contributed by atoms with Crippen LogP contribution in [0.1, 0.15) is 27.0 Å². The van der Waals surface area contributed by atoms with E-state index in [0.717, 1.165) is 29.1 Å². The third-order valence-corrected chi connectivity index (χ3v) is 5.62. The van der Waals surface area contributed by atoms with Gasteiger partial charge in [0.05, 0.1) is 17.0 Å². The monoisotopic (exact) mass is 474 g/mol. The summed E-state index contributed by atoms with van der Waals surface area (Å²) in [4.78, 5) is 16.7. The Hall–Kier alpha value is -3.53. The number of anilines is 1. The van der Waals surface area contributed by atoms with Gasteiger partial charge in [-0.25, -0.2) is 9.37 Å². The van der Waals surface area contributed by atoms with Crippen molar-refractivity contribution in [1.82, 2.24) is 15.6 Å². The van der Waals surface area contributed by atoms with Crippen molar-refractivity contribution in [2.24, 2.45) is 0 Å². The minimum absolute atomic E-state index is 0.128. The third-order valence-electron chi connectivity index (χ3n) is 4.91. The first-order chi connectivity index (χ1) is 15.7. The zero-order valence-electron chi connectivity index (χ0n) is 17.2. The molecule has 170 valence electrons. The molecule has 1 aliphatic heterocycles. The maximum absolute atomic E-state index is 13.4. The highest BCUT2D eigenvalue weighted by Gasteiger charge is 2.31. The normalized spacial score (nSPS) is 15.7. The number of benzene rings is 2. The van der Waals surface area contributed by atoms with Gasteiger partial charge in [-0.3, -0.25) is 4.79 Å². The fraction of sp³-hybridized carbons (Fsp3) is 0.130. The van der Waals surface area contributed by atoms with Crippen LogP contribution in [-0.4, -0.2) is 22.6 Å². The fourth-order valence-corrected chi connectivity index (χ4v) is 3.78. The van der Waals surface area contributed by atoms with Crippen molar-refractivity contribution in [2.45, 2.75) is 11.7 Å². The molecule has 5 nitrogen and oxygen atoms in total. The van der Waals surface area contributed by atoms with E-state index in [1.165, 1.54) is 42.2 Å². The van der Waals surface area contributed by atoms with Crippen molar-refractivity contribution < 1.29 is 22.4 Å². The van der Waals surface area contributed by atoms with Crippen LogP contribution in [0.5, 0.6) is 0 Å². The Morgan fingerprint density at radius 2 is 1.70 bits per heavy atom. The van der Waals surface area contributed by atoms with Gasteiger partial charge in [-0.1, -0.05) is 6.07 Å². The summed E-state index contributed by atoms with van der Waals surface area (Å²) in [5.41, 5.74) is 1.75. The van der Waals surface area contributed by atoms with E-state index in [-0.39, 0.29) is 22.7 Å². The van der Waals surface area contributed by atoms with E-state index in [1.54, 1.807) is 24.3 Å². The van der Waals surface area contributed by atoms with E-state index in [1.807, 2.05) is 6.26 Å². The molecule has 0 fully saturated rings. The highest BCUT2D eigenvalue weighted by Crippen LogP contribution is 2.31. The van der Waals surface area contributed by atoms with Gasteiger partial charge in [0.2, 0.25) is 0 Å². The molecule has 1 atom stereocenters. The number of aromatic nitrogens is 1. The second-order valence-corrected chi connectivity index (χ2v) is 8.07. The lowest BCUT2D eigenvalue weighted by molar-refractivity contribution is -0.137. The van der Waals surface area contributed by atoms with Crippen molar-refractivity contribution in [3.05, 3.63) is 94.9 Å². The average Bonchev–Trinajstić information content (AvgIpc) is 3.24. The molecule has 0 saturated carbocycles. The molecule has 0 aliphatic carbocycles. The number of hydrogen-bond acceptors (Lipinski definition) is 5. The zero-order chi connectivity index (χ0) is 23.6. The molecule has 33 heavy (non-hydrogen) atoms. The third kappa shape index (κ3) is 5.11. The molecule has 1 aromatic heterocycles. The second-order valence-electron chi connectivity index (χ2n) is 7.12. The molecule has 10 heteroatoms. The molecule has 3 aromatic rings. The van der Waals surface area contributed by atoms with Gasteiger partial charge >= 0.3 is 6.18 Å². The number of rotatable bonds is 5. The Bertz CT molecular complexity index is 1210. The van der Waals surface area contributed by atoms with Gasteiger partial charge in [-0.15, -0.1) is 11.8 Å². The van der Waals surface area contributed by atoms with Crippen molar-refractivity contribution in [3.63, 3.8) is 0 Å². The maximum atomic E-state index is 13.4. The summed E-state index contributed by atoms with van der Waals surface area (Å²) in [6.45, 7) is 0. The van der Waals surface area contributed by atoms with E-state index in [9.17, 15) is 22.4 Å². The van der Waals surface area contributed by atoms with E-state index in [0.29, 0.717) is 5.56 Å². The predicted molar refractivity (Wildman–Crippen MR) is 120 cm³/mol. The van der Waals surface area contributed by atoms with Crippen LogP contribution in [-0.2, 0) is 6.18 Å². The van der Waals surface area contributed by atoms with Crippen molar-refractivity contribution in [1.29, 1.82) is 0 Å². The number of halogens is 4. The number of carbonyl (C=O) groups excluding carboxylic acids is 1. The van der Waals surface area contributed by atoms with E-state index >= 15 is 0 Å². The number of thioether (sulfide) groups is 1. The number of alkyl halides is 3. The summed E-state index contributed by atoms with van der Waals surface area (Å²) in [5.74, 6) is -0.884. The topological polar surface area (TPSA) is 66.0 Å². The molecule has 0 radical (unpaired) electrons. The van der Waals surface area contributed by atoms with Crippen LogP contribution in [0, 0.1) is 5.82 Å². The molecule has 0 saturated heterocycles. The Morgan fingerprint density at radius 3 is 2.36 bits per heavy atom. The zero-order valence-corrected chi connectivity index (χ0v) is 18.0. The Morgan fingerprint density at radius 1 is 1.00 bits per heavy atom. The van der Waals surface area contributed by atoms with Crippen molar-refractivity contribution in [3.8, 4) is 0 Å². The summed E-state index contributed by atoms with van der Waals surface area (Å²) < 4.78 is 52.3.